The number of amides is 1. The highest BCUT2D eigenvalue weighted by atomic mass is 32.1. The summed E-state index contributed by atoms with van der Waals surface area (Å²) >= 11 is 1.50. The monoisotopic (exact) mass is 360 g/mol. The molecule has 3 rings (SSSR count). The van der Waals surface area contributed by atoms with Crippen molar-refractivity contribution in [2.45, 2.75) is 32.7 Å². The predicted molar refractivity (Wildman–Crippen MR) is 95.9 cm³/mol. The summed E-state index contributed by atoms with van der Waals surface area (Å²) in [5.74, 6) is -0.0941. The summed E-state index contributed by atoms with van der Waals surface area (Å²) in [5.41, 5.74) is 4.02. The van der Waals surface area contributed by atoms with Gasteiger partial charge in [-0.25, -0.2) is 9.78 Å². The Balaban J connectivity index is 1.89. The SMILES string of the molecule is CCCCOC(=O)C(C)N1C(=O)COc2ccc(-c3cscn3)cc21. The van der Waals surface area contributed by atoms with Crippen LogP contribution in [0.5, 0.6) is 5.75 Å². The van der Waals surface area contributed by atoms with Gasteiger partial charge in [0.1, 0.15) is 11.8 Å². The standard InChI is InChI=1S/C18H20N2O4S/c1-3-4-7-23-18(22)12(2)20-15-8-13(14-10-25-11-19-14)5-6-16(15)24-9-17(20)21/h5-6,8,10-12H,3-4,7,9H2,1-2H3. The van der Waals surface area contributed by atoms with Crippen molar-refractivity contribution in [1.29, 1.82) is 0 Å². The Bertz CT molecular complexity index is 760. The van der Waals surface area contributed by atoms with Crippen LogP contribution in [0.15, 0.2) is 29.1 Å². The molecule has 2 aromatic rings. The first-order valence-corrected chi connectivity index (χ1v) is 9.20. The molecule has 1 aromatic carbocycles. The minimum absolute atomic E-state index is 0.0877. The van der Waals surface area contributed by atoms with Gasteiger partial charge in [-0.15, -0.1) is 11.3 Å². The van der Waals surface area contributed by atoms with Gasteiger partial charge in [-0.05, 0) is 31.5 Å². The van der Waals surface area contributed by atoms with Gasteiger partial charge in [0.25, 0.3) is 5.91 Å². The van der Waals surface area contributed by atoms with Crippen molar-refractivity contribution >= 4 is 28.9 Å². The summed E-state index contributed by atoms with van der Waals surface area (Å²) in [6.07, 6.45) is 1.75. The van der Waals surface area contributed by atoms with E-state index in [0.717, 1.165) is 24.1 Å². The Morgan fingerprint density at radius 3 is 3.04 bits per heavy atom. The zero-order valence-electron chi connectivity index (χ0n) is 14.2. The fraction of sp³-hybridized carbons (Fsp3) is 0.389. The van der Waals surface area contributed by atoms with Crippen LogP contribution in [0, 0.1) is 0 Å². The second-order valence-corrected chi connectivity index (χ2v) is 6.52. The van der Waals surface area contributed by atoms with Crippen molar-refractivity contribution < 1.29 is 19.1 Å². The lowest BCUT2D eigenvalue weighted by atomic mass is 10.1. The topological polar surface area (TPSA) is 68.7 Å². The lowest BCUT2D eigenvalue weighted by Crippen LogP contribution is -2.48. The molecule has 0 saturated heterocycles. The van der Waals surface area contributed by atoms with E-state index < -0.39 is 12.0 Å². The van der Waals surface area contributed by atoms with Crippen molar-refractivity contribution in [1.82, 2.24) is 4.98 Å². The normalized spacial score (nSPS) is 14.6. The Hall–Kier alpha value is -2.41. The van der Waals surface area contributed by atoms with Gasteiger partial charge in [-0.2, -0.15) is 0 Å². The second-order valence-electron chi connectivity index (χ2n) is 5.81. The fourth-order valence-corrected chi connectivity index (χ4v) is 3.21. The maximum absolute atomic E-state index is 12.4. The van der Waals surface area contributed by atoms with Crippen molar-refractivity contribution in [2.75, 3.05) is 18.1 Å². The number of carbonyl (C=O) groups excluding carboxylic acids is 2. The number of anilines is 1. The van der Waals surface area contributed by atoms with Gasteiger partial charge < -0.3 is 9.47 Å². The molecule has 0 fully saturated rings. The maximum Gasteiger partial charge on any atom is 0.328 e. The molecule has 0 aliphatic carbocycles. The van der Waals surface area contributed by atoms with Crippen LogP contribution in [-0.2, 0) is 14.3 Å². The molecule has 7 heteroatoms. The van der Waals surface area contributed by atoms with Gasteiger partial charge >= 0.3 is 5.97 Å². The average Bonchev–Trinajstić information content (AvgIpc) is 3.15. The third-order valence-corrected chi connectivity index (χ3v) is 4.62. The van der Waals surface area contributed by atoms with Crippen LogP contribution in [0.3, 0.4) is 0 Å². The molecule has 1 aliphatic heterocycles. The van der Waals surface area contributed by atoms with E-state index in [1.54, 1.807) is 18.5 Å². The molecule has 0 bridgehead atoms. The van der Waals surface area contributed by atoms with Gasteiger partial charge in [0.05, 0.1) is 23.5 Å². The number of hydrogen-bond acceptors (Lipinski definition) is 6. The Kier molecular flexibility index (Phi) is 5.33. The lowest BCUT2D eigenvalue weighted by molar-refractivity contribution is -0.146. The number of fused-ring (bicyclic) bond motifs is 1. The molecule has 0 radical (unpaired) electrons. The fourth-order valence-electron chi connectivity index (χ4n) is 2.65. The zero-order valence-corrected chi connectivity index (χ0v) is 15.0. The van der Waals surface area contributed by atoms with Crippen LogP contribution in [-0.4, -0.2) is 36.1 Å². The van der Waals surface area contributed by atoms with E-state index in [0.29, 0.717) is 18.0 Å². The molecular formula is C18H20N2O4S. The number of nitrogens with zero attached hydrogens (tertiary/aromatic N) is 2. The summed E-state index contributed by atoms with van der Waals surface area (Å²) in [6.45, 7) is 3.98. The number of carbonyl (C=O) groups is 2. The molecule has 1 unspecified atom stereocenters. The van der Waals surface area contributed by atoms with E-state index in [1.807, 2.05) is 24.4 Å². The average molecular weight is 360 g/mol. The van der Waals surface area contributed by atoms with Crippen molar-refractivity contribution in [2.24, 2.45) is 0 Å². The molecular weight excluding hydrogens is 340 g/mol. The van der Waals surface area contributed by atoms with Gasteiger partial charge in [-0.1, -0.05) is 13.3 Å². The minimum Gasteiger partial charge on any atom is -0.482 e. The zero-order chi connectivity index (χ0) is 17.8. The Morgan fingerprint density at radius 1 is 1.48 bits per heavy atom. The van der Waals surface area contributed by atoms with Crippen LogP contribution in [0.1, 0.15) is 26.7 Å². The predicted octanol–water partition coefficient (Wildman–Crippen LogP) is 3.27. The van der Waals surface area contributed by atoms with Gasteiger partial charge in [0.15, 0.2) is 6.61 Å². The Labute approximate surface area is 150 Å². The summed E-state index contributed by atoms with van der Waals surface area (Å²) in [4.78, 5) is 30.5. The van der Waals surface area contributed by atoms with Crippen LogP contribution < -0.4 is 9.64 Å². The summed E-state index contributed by atoms with van der Waals surface area (Å²) in [5, 5.41) is 1.93. The molecule has 1 aliphatic rings. The van der Waals surface area contributed by atoms with Crippen LogP contribution >= 0.6 is 11.3 Å². The van der Waals surface area contributed by atoms with Crippen molar-refractivity contribution in [3.8, 4) is 17.0 Å². The van der Waals surface area contributed by atoms with E-state index in [4.69, 9.17) is 9.47 Å². The number of unbranched alkanes of at least 4 members (excludes halogenated alkanes) is 1. The number of esters is 1. The number of thiazole rings is 1. The minimum atomic E-state index is -0.710. The van der Waals surface area contributed by atoms with E-state index in [-0.39, 0.29) is 12.5 Å². The maximum atomic E-state index is 12.4. The van der Waals surface area contributed by atoms with Gasteiger partial charge in [-0.3, -0.25) is 9.69 Å². The summed E-state index contributed by atoms with van der Waals surface area (Å²) < 4.78 is 10.8. The molecule has 1 atom stereocenters. The van der Waals surface area contributed by atoms with E-state index in [9.17, 15) is 9.59 Å². The molecule has 1 amide bonds. The molecule has 132 valence electrons. The van der Waals surface area contributed by atoms with Crippen LogP contribution in [0.4, 0.5) is 5.69 Å². The van der Waals surface area contributed by atoms with Crippen molar-refractivity contribution in [3.63, 3.8) is 0 Å². The third kappa shape index (κ3) is 3.66. The third-order valence-electron chi connectivity index (χ3n) is 4.04. The highest BCUT2D eigenvalue weighted by Crippen LogP contribution is 2.37. The molecule has 0 spiro atoms. The highest BCUT2D eigenvalue weighted by molar-refractivity contribution is 7.07. The first kappa shape index (κ1) is 17.4. The first-order chi connectivity index (χ1) is 12.1. The molecule has 6 nitrogen and oxygen atoms in total. The smallest absolute Gasteiger partial charge is 0.328 e. The van der Waals surface area contributed by atoms with Crippen molar-refractivity contribution in [3.05, 3.63) is 29.1 Å². The number of benzene rings is 1. The highest BCUT2D eigenvalue weighted by Gasteiger charge is 2.34. The number of aromatic nitrogens is 1. The molecule has 2 heterocycles. The quantitative estimate of drug-likeness (QED) is 0.584. The van der Waals surface area contributed by atoms with E-state index in [1.165, 1.54) is 16.2 Å². The summed E-state index contributed by atoms with van der Waals surface area (Å²) in [6, 6.07) is 4.82. The Morgan fingerprint density at radius 2 is 2.32 bits per heavy atom. The second kappa shape index (κ2) is 7.65. The van der Waals surface area contributed by atoms with Crippen LogP contribution in [0.25, 0.3) is 11.3 Å². The van der Waals surface area contributed by atoms with Crippen LogP contribution in [0.2, 0.25) is 0 Å². The molecule has 1 aromatic heterocycles. The van der Waals surface area contributed by atoms with E-state index >= 15 is 0 Å². The molecule has 0 N–H and O–H groups in total. The molecule has 25 heavy (non-hydrogen) atoms. The number of rotatable bonds is 6. The summed E-state index contributed by atoms with van der Waals surface area (Å²) in [7, 11) is 0. The largest absolute Gasteiger partial charge is 0.482 e. The lowest BCUT2D eigenvalue weighted by Gasteiger charge is -2.33. The van der Waals surface area contributed by atoms with E-state index in [2.05, 4.69) is 4.98 Å². The number of ether oxygens (including phenoxy) is 2. The first-order valence-electron chi connectivity index (χ1n) is 8.26. The number of hydrogen-bond donors (Lipinski definition) is 0. The van der Waals surface area contributed by atoms with Gasteiger partial charge in [0.2, 0.25) is 0 Å². The molecule has 0 saturated carbocycles. The van der Waals surface area contributed by atoms with Gasteiger partial charge in [0, 0.05) is 10.9 Å².